The molecule has 3 heterocycles. The molecule has 140 valence electrons. The van der Waals surface area contributed by atoms with E-state index in [0.717, 1.165) is 23.2 Å². The van der Waals surface area contributed by atoms with Crippen LogP contribution in [-0.2, 0) is 6.54 Å². The van der Waals surface area contributed by atoms with Gasteiger partial charge in [0.25, 0.3) is 5.91 Å². The first-order valence-corrected chi connectivity index (χ1v) is 9.33. The largest absolute Gasteiger partial charge is 0.341 e. The molecule has 0 spiro atoms. The maximum absolute atomic E-state index is 13.2. The molecule has 0 bridgehead atoms. The van der Waals surface area contributed by atoms with Gasteiger partial charge in [0, 0.05) is 18.3 Å². The van der Waals surface area contributed by atoms with Crippen molar-refractivity contribution >= 4 is 16.8 Å². The number of hydrogen-bond donors (Lipinski definition) is 1. The fourth-order valence-corrected chi connectivity index (χ4v) is 3.82. The molecule has 5 rings (SSSR count). The summed E-state index contributed by atoms with van der Waals surface area (Å²) >= 11 is 0. The van der Waals surface area contributed by atoms with E-state index in [1.807, 2.05) is 24.4 Å². The minimum Gasteiger partial charge on any atom is -0.341 e. The standard InChI is InChI=1S/C22H19FN4O/c23-17-7-5-16(6-8-17)21-10-12-27(21)22(28)19-13-18(24-25-19)14-26-11-9-15-3-1-2-4-20(15)26/h1-9,11,13,21H,10,12,14H2,(H,24,25)/t21-/m1/s1. The average Bonchev–Trinajstić information content (AvgIpc) is 3.31. The third-order valence-electron chi connectivity index (χ3n) is 5.41. The Balaban J connectivity index is 1.33. The number of halogens is 1. The van der Waals surface area contributed by atoms with Crippen LogP contribution in [0, 0.1) is 5.82 Å². The maximum atomic E-state index is 13.2. The number of amides is 1. The van der Waals surface area contributed by atoms with Crippen LogP contribution in [0.1, 0.15) is 34.2 Å². The van der Waals surface area contributed by atoms with Gasteiger partial charge >= 0.3 is 0 Å². The molecule has 1 amide bonds. The smallest absolute Gasteiger partial charge is 0.274 e. The summed E-state index contributed by atoms with van der Waals surface area (Å²) in [5.74, 6) is -0.365. The second-order valence-electron chi connectivity index (χ2n) is 7.14. The fraction of sp³-hybridized carbons (Fsp3) is 0.182. The lowest BCUT2D eigenvalue weighted by Gasteiger charge is -2.41. The average molecular weight is 374 g/mol. The molecular weight excluding hydrogens is 355 g/mol. The first-order valence-electron chi connectivity index (χ1n) is 9.33. The van der Waals surface area contributed by atoms with Crippen LogP contribution in [0.5, 0.6) is 0 Å². The Morgan fingerprint density at radius 1 is 1.14 bits per heavy atom. The van der Waals surface area contributed by atoms with E-state index in [1.54, 1.807) is 17.0 Å². The molecule has 1 fully saturated rings. The van der Waals surface area contributed by atoms with Gasteiger partial charge in [0.05, 0.1) is 18.3 Å². The van der Waals surface area contributed by atoms with Crippen molar-refractivity contribution in [2.75, 3.05) is 6.54 Å². The third kappa shape index (κ3) is 2.87. The number of carbonyl (C=O) groups excluding carboxylic acids is 1. The van der Waals surface area contributed by atoms with Crippen molar-refractivity contribution in [2.45, 2.75) is 19.0 Å². The molecule has 0 radical (unpaired) electrons. The van der Waals surface area contributed by atoms with Crippen LogP contribution in [0.2, 0.25) is 0 Å². The van der Waals surface area contributed by atoms with E-state index < -0.39 is 0 Å². The Labute approximate surface area is 161 Å². The van der Waals surface area contributed by atoms with Gasteiger partial charge in [0.2, 0.25) is 0 Å². The number of aromatic amines is 1. The molecule has 0 aliphatic carbocycles. The van der Waals surface area contributed by atoms with Crippen LogP contribution in [-0.4, -0.2) is 32.1 Å². The van der Waals surface area contributed by atoms with Crippen LogP contribution < -0.4 is 0 Å². The molecule has 1 saturated heterocycles. The molecule has 1 atom stereocenters. The van der Waals surface area contributed by atoms with Crippen LogP contribution in [0.15, 0.2) is 66.9 Å². The van der Waals surface area contributed by atoms with Gasteiger partial charge in [-0.2, -0.15) is 5.10 Å². The lowest BCUT2D eigenvalue weighted by atomic mass is 9.94. The van der Waals surface area contributed by atoms with Gasteiger partial charge in [0.1, 0.15) is 11.5 Å². The Bertz CT molecular complexity index is 1140. The van der Waals surface area contributed by atoms with Crippen molar-refractivity contribution in [1.29, 1.82) is 0 Å². The minimum atomic E-state index is -0.268. The van der Waals surface area contributed by atoms with Gasteiger partial charge in [-0.25, -0.2) is 4.39 Å². The summed E-state index contributed by atoms with van der Waals surface area (Å²) in [5.41, 5.74) is 3.39. The van der Waals surface area contributed by atoms with Gasteiger partial charge in [-0.3, -0.25) is 9.89 Å². The number of rotatable bonds is 4. The molecule has 0 saturated carbocycles. The zero-order valence-electron chi connectivity index (χ0n) is 15.2. The van der Waals surface area contributed by atoms with Crippen LogP contribution in [0.3, 0.4) is 0 Å². The van der Waals surface area contributed by atoms with E-state index in [4.69, 9.17) is 0 Å². The molecule has 2 aromatic carbocycles. The van der Waals surface area contributed by atoms with E-state index in [2.05, 4.69) is 33.0 Å². The van der Waals surface area contributed by atoms with Crippen molar-refractivity contribution in [3.05, 3.63) is 89.6 Å². The molecule has 2 aromatic heterocycles. The fourth-order valence-electron chi connectivity index (χ4n) is 3.82. The first-order chi connectivity index (χ1) is 13.7. The summed E-state index contributed by atoms with van der Waals surface area (Å²) in [6.07, 6.45) is 2.91. The minimum absolute atomic E-state index is 0.0124. The number of likely N-dealkylation sites (tertiary alicyclic amines) is 1. The quantitative estimate of drug-likeness (QED) is 0.584. The van der Waals surface area contributed by atoms with Gasteiger partial charge in [0.15, 0.2) is 0 Å². The summed E-state index contributed by atoms with van der Waals surface area (Å²) in [4.78, 5) is 14.7. The maximum Gasteiger partial charge on any atom is 0.274 e. The van der Waals surface area contributed by atoms with Crippen molar-refractivity contribution in [3.8, 4) is 0 Å². The Morgan fingerprint density at radius 2 is 1.96 bits per heavy atom. The lowest BCUT2D eigenvalue weighted by molar-refractivity contribution is 0.0454. The highest BCUT2D eigenvalue weighted by molar-refractivity contribution is 5.93. The number of para-hydroxylation sites is 1. The summed E-state index contributed by atoms with van der Waals surface area (Å²) in [6.45, 7) is 1.31. The van der Waals surface area contributed by atoms with Crippen molar-refractivity contribution < 1.29 is 9.18 Å². The topological polar surface area (TPSA) is 53.9 Å². The van der Waals surface area contributed by atoms with E-state index >= 15 is 0 Å². The molecule has 6 heteroatoms. The monoisotopic (exact) mass is 374 g/mol. The van der Waals surface area contributed by atoms with E-state index in [1.165, 1.54) is 17.5 Å². The molecule has 1 aliphatic rings. The second kappa shape index (κ2) is 6.64. The van der Waals surface area contributed by atoms with Crippen LogP contribution in [0.25, 0.3) is 10.9 Å². The highest BCUT2D eigenvalue weighted by atomic mass is 19.1. The number of benzene rings is 2. The number of fused-ring (bicyclic) bond motifs is 1. The second-order valence-corrected chi connectivity index (χ2v) is 7.14. The summed E-state index contributed by atoms with van der Waals surface area (Å²) < 4.78 is 15.3. The van der Waals surface area contributed by atoms with Crippen LogP contribution >= 0.6 is 0 Å². The molecule has 0 unspecified atom stereocenters. The van der Waals surface area contributed by atoms with Gasteiger partial charge in [-0.15, -0.1) is 0 Å². The summed E-state index contributed by atoms with van der Waals surface area (Å²) in [6, 6.07) is 18.4. The first kappa shape index (κ1) is 16.7. The molecular formula is C22H19FN4O. The van der Waals surface area contributed by atoms with Gasteiger partial charge in [-0.1, -0.05) is 30.3 Å². The van der Waals surface area contributed by atoms with E-state index in [-0.39, 0.29) is 17.8 Å². The van der Waals surface area contributed by atoms with Crippen LogP contribution in [0.4, 0.5) is 4.39 Å². The Morgan fingerprint density at radius 3 is 2.75 bits per heavy atom. The molecule has 1 aliphatic heterocycles. The summed E-state index contributed by atoms with van der Waals surface area (Å²) in [7, 11) is 0. The van der Waals surface area contributed by atoms with E-state index in [9.17, 15) is 9.18 Å². The zero-order valence-corrected chi connectivity index (χ0v) is 15.2. The van der Waals surface area contributed by atoms with Gasteiger partial charge in [-0.05, 0) is 47.7 Å². The summed E-state index contributed by atoms with van der Waals surface area (Å²) in [5, 5.41) is 8.40. The highest BCUT2D eigenvalue weighted by Crippen LogP contribution is 2.34. The predicted octanol–water partition coefficient (Wildman–Crippen LogP) is 4.14. The number of carbonyl (C=O) groups is 1. The van der Waals surface area contributed by atoms with Crippen molar-refractivity contribution in [1.82, 2.24) is 19.7 Å². The Hall–Kier alpha value is -3.41. The number of H-pyrrole nitrogens is 1. The lowest BCUT2D eigenvalue weighted by Crippen LogP contribution is -2.45. The predicted molar refractivity (Wildman–Crippen MR) is 104 cm³/mol. The third-order valence-corrected chi connectivity index (χ3v) is 5.41. The van der Waals surface area contributed by atoms with Crippen molar-refractivity contribution in [3.63, 3.8) is 0 Å². The SMILES string of the molecule is O=C(c1cc(Cn2ccc3ccccc32)[nH]n1)N1CC[C@@H]1c1ccc(F)cc1. The molecule has 28 heavy (non-hydrogen) atoms. The number of hydrogen-bond acceptors (Lipinski definition) is 2. The number of aromatic nitrogens is 3. The molecule has 1 N–H and O–H groups in total. The Kier molecular flexibility index (Phi) is 3.97. The molecule has 4 aromatic rings. The number of nitrogens with zero attached hydrogens (tertiary/aromatic N) is 3. The highest BCUT2D eigenvalue weighted by Gasteiger charge is 2.34. The van der Waals surface area contributed by atoms with E-state index in [0.29, 0.717) is 18.8 Å². The number of nitrogens with one attached hydrogen (secondary N) is 1. The normalized spacial score (nSPS) is 16.3. The zero-order chi connectivity index (χ0) is 19.1. The van der Waals surface area contributed by atoms with Crippen molar-refractivity contribution in [2.24, 2.45) is 0 Å². The molecule has 5 nitrogen and oxygen atoms in total. The van der Waals surface area contributed by atoms with Gasteiger partial charge < -0.3 is 9.47 Å².